The average molecular weight is 448 g/mol. The fourth-order valence-corrected chi connectivity index (χ4v) is 3.05. The Bertz CT molecular complexity index is 785. The highest BCUT2D eigenvalue weighted by molar-refractivity contribution is 14.1. The van der Waals surface area contributed by atoms with Crippen molar-refractivity contribution >= 4 is 67.1 Å². The van der Waals surface area contributed by atoms with E-state index in [1.165, 1.54) is 0 Å². The molecular weight excluding hydrogens is 440 g/mol. The van der Waals surface area contributed by atoms with Crippen LogP contribution in [-0.2, 0) is 0 Å². The molecule has 2 aromatic carbocycles. The maximum Gasteiger partial charge on any atom is 0.205 e. The van der Waals surface area contributed by atoms with Gasteiger partial charge >= 0.3 is 0 Å². The second kappa shape index (κ2) is 4.96. The summed E-state index contributed by atoms with van der Waals surface area (Å²) >= 11 is 11.8. The Labute approximate surface area is 137 Å². The Morgan fingerprint density at radius 2 is 2.00 bits per heavy atom. The second-order valence-electron chi connectivity index (χ2n) is 4.03. The van der Waals surface area contributed by atoms with Crippen LogP contribution in [0.15, 0.2) is 40.9 Å². The number of aromatic nitrogens is 2. The number of fused-ring (bicyclic) bond motifs is 1. The third kappa shape index (κ3) is 2.34. The Hall–Kier alpha value is -0.790. The highest BCUT2D eigenvalue weighted by Crippen LogP contribution is 2.30. The standard InChI is InChI=1S/C13H8BrClIN3/c14-9-3-1-7(15)5-12(9)19-11-4-2-8(16)6-10(11)18-13(19)17/h1-6H,(H2,17,18). The summed E-state index contributed by atoms with van der Waals surface area (Å²) in [6.07, 6.45) is 0. The molecular formula is C13H8BrClIN3. The molecule has 0 unspecified atom stereocenters. The van der Waals surface area contributed by atoms with Crippen molar-refractivity contribution in [1.82, 2.24) is 9.55 Å². The van der Waals surface area contributed by atoms with E-state index < -0.39 is 0 Å². The van der Waals surface area contributed by atoms with Crippen LogP contribution in [0.3, 0.4) is 0 Å². The molecule has 0 bridgehead atoms. The van der Waals surface area contributed by atoms with Gasteiger partial charge in [0.1, 0.15) is 0 Å². The summed E-state index contributed by atoms with van der Waals surface area (Å²) in [5, 5.41) is 0.657. The molecule has 3 nitrogen and oxygen atoms in total. The van der Waals surface area contributed by atoms with Gasteiger partial charge < -0.3 is 5.73 Å². The molecule has 2 N–H and O–H groups in total. The Kier molecular flexibility index (Phi) is 3.44. The largest absolute Gasteiger partial charge is 0.369 e. The van der Waals surface area contributed by atoms with Gasteiger partial charge in [-0.3, -0.25) is 4.57 Å². The van der Waals surface area contributed by atoms with Crippen LogP contribution in [0, 0.1) is 3.57 Å². The summed E-state index contributed by atoms with van der Waals surface area (Å²) in [4.78, 5) is 4.39. The lowest BCUT2D eigenvalue weighted by atomic mass is 10.3. The van der Waals surface area contributed by atoms with Crippen LogP contribution in [0.25, 0.3) is 16.7 Å². The molecule has 3 rings (SSSR count). The lowest BCUT2D eigenvalue weighted by molar-refractivity contribution is 1.10. The van der Waals surface area contributed by atoms with Crippen molar-refractivity contribution in [2.75, 3.05) is 5.73 Å². The smallest absolute Gasteiger partial charge is 0.205 e. The predicted molar refractivity (Wildman–Crippen MR) is 90.9 cm³/mol. The molecule has 0 aliphatic heterocycles. The van der Waals surface area contributed by atoms with E-state index in [2.05, 4.69) is 43.5 Å². The molecule has 0 aliphatic rings. The van der Waals surface area contributed by atoms with E-state index in [-0.39, 0.29) is 0 Å². The average Bonchev–Trinajstić information content (AvgIpc) is 2.67. The highest BCUT2D eigenvalue weighted by atomic mass is 127. The third-order valence-electron chi connectivity index (χ3n) is 2.79. The molecule has 0 atom stereocenters. The van der Waals surface area contributed by atoms with E-state index in [0.29, 0.717) is 11.0 Å². The van der Waals surface area contributed by atoms with Crippen LogP contribution in [0.4, 0.5) is 5.95 Å². The fourth-order valence-electron chi connectivity index (χ4n) is 1.98. The van der Waals surface area contributed by atoms with Crippen LogP contribution < -0.4 is 5.73 Å². The first kappa shape index (κ1) is 13.2. The molecule has 0 saturated carbocycles. The Morgan fingerprint density at radius 3 is 2.79 bits per heavy atom. The number of imidazole rings is 1. The molecule has 6 heteroatoms. The molecule has 1 aromatic heterocycles. The van der Waals surface area contributed by atoms with Gasteiger partial charge in [0.2, 0.25) is 5.95 Å². The fraction of sp³-hybridized carbons (Fsp3) is 0. The van der Waals surface area contributed by atoms with Gasteiger partial charge in [-0.05, 0) is 74.9 Å². The first-order valence-corrected chi connectivity index (χ1v) is 7.70. The van der Waals surface area contributed by atoms with Crippen LogP contribution in [0.2, 0.25) is 5.02 Å². The minimum Gasteiger partial charge on any atom is -0.369 e. The van der Waals surface area contributed by atoms with Gasteiger partial charge in [-0.25, -0.2) is 4.98 Å². The zero-order valence-electron chi connectivity index (χ0n) is 9.57. The van der Waals surface area contributed by atoms with Gasteiger partial charge in [0.15, 0.2) is 0 Å². The van der Waals surface area contributed by atoms with Gasteiger partial charge in [0.05, 0.1) is 16.7 Å². The quantitative estimate of drug-likeness (QED) is 0.552. The Morgan fingerprint density at radius 1 is 1.21 bits per heavy atom. The van der Waals surface area contributed by atoms with Crippen molar-refractivity contribution in [1.29, 1.82) is 0 Å². The monoisotopic (exact) mass is 447 g/mol. The molecule has 96 valence electrons. The van der Waals surface area contributed by atoms with Gasteiger partial charge in [-0.15, -0.1) is 0 Å². The number of anilines is 1. The maximum atomic E-state index is 6.07. The van der Waals surface area contributed by atoms with E-state index in [4.69, 9.17) is 17.3 Å². The van der Waals surface area contributed by atoms with Crippen LogP contribution in [0.5, 0.6) is 0 Å². The SMILES string of the molecule is Nc1nc2cc(I)ccc2n1-c1cc(Cl)ccc1Br. The number of halogens is 3. The van der Waals surface area contributed by atoms with Crippen molar-refractivity contribution in [3.05, 3.63) is 49.5 Å². The number of hydrogen-bond acceptors (Lipinski definition) is 2. The predicted octanol–water partition coefficient (Wildman–Crippen LogP) is 4.63. The van der Waals surface area contributed by atoms with Gasteiger partial charge in [-0.1, -0.05) is 11.6 Å². The van der Waals surface area contributed by atoms with E-state index >= 15 is 0 Å². The Balaban J connectivity index is 2.36. The number of benzene rings is 2. The number of rotatable bonds is 1. The van der Waals surface area contributed by atoms with E-state index in [1.807, 2.05) is 41.0 Å². The van der Waals surface area contributed by atoms with Gasteiger partial charge in [0.25, 0.3) is 0 Å². The van der Waals surface area contributed by atoms with E-state index in [0.717, 1.165) is 24.8 Å². The minimum absolute atomic E-state index is 0.444. The summed E-state index contributed by atoms with van der Waals surface area (Å²) in [5.74, 6) is 0.444. The number of nitrogens with two attached hydrogens (primary N) is 1. The maximum absolute atomic E-state index is 6.07. The van der Waals surface area contributed by atoms with Crippen molar-refractivity contribution < 1.29 is 0 Å². The topological polar surface area (TPSA) is 43.8 Å². The van der Waals surface area contributed by atoms with E-state index in [1.54, 1.807) is 0 Å². The summed E-state index contributed by atoms with van der Waals surface area (Å²) in [7, 11) is 0. The normalized spacial score (nSPS) is 11.1. The van der Waals surface area contributed by atoms with Crippen LogP contribution in [-0.4, -0.2) is 9.55 Å². The summed E-state index contributed by atoms with van der Waals surface area (Å²) < 4.78 is 3.93. The summed E-state index contributed by atoms with van der Waals surface area (Å²) in [6, 6.07) is 11.6. The molecule has 19 heavy (non-hydrogen) atoms. The van der Waals surface area contributed by atoms with Gasteiger partial charge in [-0.2, -0.15) is 0 Å². The minimum atomic E-state index is 0.444. The summed E-state index contributed by atoms with van der Waals surface area (Å²) in [5.41, 5.74) is 8.75. The number of hydrogen-bond donors (Lipinski definition) is 1. The molecule has 0 saturated heterocycles. The van der Waals surface area contributed by atoms with Crippen molar-refractivity contribution in [3.8, 4) is 5.69 Å². The molecule has 0 aliphatic carbocycles. The first-order valence-electron chi connectivity index (χ1n) is 5.45. The number of nitrogens with zero attached hydrogens (tertiary/aromatic N) is 2. The highest BCUT2D eigenvalue weighted by Gasteiger charge is 2.13. The molecule has 0 amide bonds. The molecule has 1 heterocycles. The lowest BCUT2D eigenvalue weighted by Crippen LogP contribution is -2.01. The van der Waals surface area contributed by atoms with Crippen molar-refractivity contribution in [3.63, 3.8) is 0 Å². The summed E-state index contributed by atoms with van der Waals surface area (Å²) in [6.45, 7) is 0. The lowest BCUT2D eigenvalue weighted by Gasteiger charge is -2.09. The first-order chi connectivity index (χ1) is 9.06. The van der Waals surface area contributed by atoms with E-state index in [9.17, 15) is 0 Å². The molecule has 3 aromatic rings. The zero-order valence-corrected chi connectivity index (χ0v) is 14.1. The number of nitrogen functional groups attached to an aromatic ring is 1. The zero-order chi connectivity index (χ0) is 13.6. The van der Waals surface area contributed by atoms with Crippen LogP contribution in [0.1, 0.15) is 0 Å². The van der Waals surface area contributed by atoms with Crippen molar-refractivity contribution in [2.24, 2.45) is 0 Å². The van der Waals surface area contributed by atoms with Crippen LogP contribution >= 0.6 is 50.1 Å². The molecule has 0 radical (unpaired) electrons. The molecule has 0 fully saturated rings. The second-order valence-corrected chi connectivity index (χ2v) is 6.57. The van der Waals surface area contributed by atoms with Gasteiger partial charge in [0, 0.05) is 13.1 Å². The molecule has 0 spiro atoms. The third-order valence-corrected chi connectivity index (χ3v) is 4.37. The van der Waals surface area contributed by atoms with Crippen molar-refractivity contribution in [2.45, 2.75) is 0 Å².